The van der Waals surface area contributed by atoms with Gasteiger partial charge in [-0.25, -0.2) is 14.4 Å². The zero-order valence-corrected chi connectivity index (χ0v) is 23.0. The third kappa shape index (κ3) is 4.85. The number of nitrogens with zero attached hydrogens (tertiary/aromatic N) is 5. The van der Waals surface area contributed by atoms with Gasteiger partial charge in [-0.1, -0.05) is 43.4 Å². The molecule has 0 bridgehead atoms. The van der Waals surface area contributed by atoms with Crippen LogP contribution in [-0.4, -0.2) is 50.5 Å². The second-order valence-electron chi connectivity index (χ2n) is 9.91. The van der Waals surface area contributed by atoms with E-state index in [1.165, 1.54) is 28.4 Å². The van der Waals surface area contributed by atoms with E-state index < -0.39 is 23.1 Å². The Hall–Kier alpha value is -4.25. The second-order valence-corrected chi connectivity index (χ2v) is 10.7. The molecule has 11 heteroatoms. The van der Waals surface area contributed by atoms with Crippen LogP contribution >= 0.6 is 11.3 Å². The molecule has 5 rings (SSSR count). The van der Waals surface area contributed by atoms with Crippen LogP contribution in [0.4, 0.5) is 9.52 Å². The number of carbonyl (C=O) groups is 2. The summed E-state index contributed by atoms with van der Waals surface area (Å²) in [5.74, 6) is -1.06. The first kappa shape index (κ1) is 26.4. The molecule has 0 spiro atoms. The number of nitrogens with one attached hydrogen (secondary N) is 1. The number of anilines is 1. The normalized spacial score (nSPS) is 14.2. The Morgan fingerprint density at radius 1 is 1.10 bits per heavy atom. The lowest BCUT2D eigenvalue weighted by atomic mass is 9.70. The molecule has 0 fully saturated rings. The van der Waals surface area contributed by atoms with E-state index in [2.05, 4.69) is 20.5 Å². The summed E-state index contributed by atoms with van der Waals surface area (Å²) in [6.07, 6.45) is 0. The van der Waals surface area contributed by atoms with Gasteiger partial charge in [0.15, 0.2) is 0 Å². The molecular weight excluding hydrogens is 519 g/mol. The highest BCUT2D eigenvalue weighted by Gasteiger charge is 2.45. The average molecular weight is 547 g/mol. The largest absolute Gasteiger partial charge is 0.420 e. The smallest absolute Gasteiger partial charge is 0.256 e. The summed E-state index contributed by atoms with van der Waals surface area (Å²) in [5.41, 5.74) is 3.74. The van der Waals surface area contributed by atoms with E-state index in [4.69, 9.17) is 9.72 Å². The molecule has 0 unspecified atom stereocenters. The number of carbonyl (C=O) groups excluding carboxylic acids is 2. The van der Waals surface area contributed by atoms with Gasteiger partial charge in [-0.3, -0.25) is 9.59 Å². The van der Waals surface area contributed by atoms with Gasteiger partial charge < -0.3 is 15.0 Å². The first-order valence-electron chi connectivity index (χ1n) is 12.4. The highest BCUT2D eigenvalue weighted by atomic mass is 32.1. The predicted molar refractivity (Wildman–Crippen MR) is 145 cm³/mol. The van der Waals surface area contributed by atoms with E-state index in [0.717, 1.165) is 11.3 Å². The Balaban J connectivity index is 1.55. The number of amides is 2. The summed E-state index contributed by atoms with van der Waals surface area (Å²) < 4.78 is 21.1. The summed E-state index contributed by atoms with van der Waals surface area (Å²) in [5, 5.41) is 11.0. The maximum absolute atomic E-state index is 15.0. The van der Waals surface area contributed by atoms with Crippen molar-refractivity contribution >= 4 is 28.3 Å². The van der Waals surface area contributed by atoms with Crippen LogP contribution in [0.25, 0.3) is 11.3 Å². The Labute approximate surface area is 229 Å². The van der Waals surface area contributed by atoms with Crippen LogP contribution in [0, 0.1) is 18.2 Å². The van der Waals surface area contributed by atoms with Crippen LogP contribution < -0.4 is 10.1 Å². The summed E-state index contributed by atoms with van der Waals surface area (Å²) in [6, 6.07) is 11.8. The standard InChI is InChI=1S/C28H27FN6O3S/c1-6-35(5)25(36)17-10-8-16(13-20(17)29)21-12-11-19-22(28(3,4)26(37)33-27-34-30-14-39-27)18-9-7-15(2)31-23(18)38-24(19)32-21/h7-14,22H,6H2,1-5H3,(H,33,34,37)/t22-/m0/s1. The van der Waals surface area contributed by atoms with Crippen molar-refractivity contribution in [1.29, 1.82) is 0 Å². The first-order chi connectivity index (χ1) is 18.6. The molecule has 0 radical (unpaired) electrons. The molecule has 1 aliphatic heterocycles. The fourth-order valence-electron chi connectivity index (χ4n) is 4.61. The number of aryl methyl sites for hydroxylation is 1. The van der Waals surface area contributed by atoms with Crippen LogP contribution in [0.15, 0.2) is 48.0 Å². The minimum absolute atomic E-state index is 0.00540. The molecule has 4 heterocycles. The van der Waals surface area contributed by atoms with Crippen molar-refractivity contribution in [2.45, 2.75) is 33.6 Å². The van der Waals surface area contributed by atoms with Gasteiger partial charge in [0.2, 0.25) is 22.8 Å². The predicted octanol–water partition coefficient (Wildman–Crippen LogP) is 5.44. The van der Waals surface area contributed by atoms with E-state index in [-0.39, 0.29) is 17.4 Å². The zero-order chi connectivity index (χ0) is 27.9. The number of aromatic nitrogens is 4. The van der Waals surface area contributed by atoms with Gasteiger partial charge >= 0.3 is 0 Å². The molecule has 9 nitrogen and oxygen atoms in total. The molecule has 1 N–H and O–H groups in total. The fourth-order valence-corrected chi connectivity index (χ4v) is 5.05. The number of halogens is 1. The topological polar surface area (TPSA) is 110 Å². The van der Waals surface area contributed by atoms with Crippen molar-refractivity contribution in [1.82, 2.24) is 25.1 Å². The molecule has 0 saturated carbocycles. The van der Waals surface area contributed by atoms with Crippen molar-refractivity contribution in [2.75, 3.05) is 18.9 Å². The quantitative estimate of drug-likeness (QED) is 0.343. The summed E-state index contributed by atoms with van der Waals surface area (Å²) in [7, 11) is 1.62. The number of benzene rings is 1. The van der Waals surface area contributed by atoms with Gasteiger partial charge in [-0.05, 0) is 38.1 Å². The van der Waals surface area contributed by atoms with E-state index in [1.54, 1.807) is 24.7 Å². The third-order valence-corrected chi connectivity index (χ3v) is 7.54. The van der Waals surface area contributed by atoms with Gasteiger partial charge in [0.25, 0.3) is 5.91 Å². The Morgan fingerprint density at radius 3 is 2.49 bits per heavy atom. The van der Waals surface area contributed by atoms with Crippen molar-refractivity contribution in [3.8, 4) is 23.0 Å². The van der Waals surface area contributed by atoms with Crippen LogP contribution in [0.3, 0.4) is 0 Å². The minimum Gasteiger partial charge on any atom is -0.420 e. The number of ether oxygens (including phenoxy) is 1. The maximum Gasteiger partial charge on any atom is 0.256 e. The summed E-state index contributed by atoms with van der Waals surface area (Å²) >= 11 is 1.24. The molecular formula is C28H27FN6O3S. The van der Waals surface area contributed by atoms with Gasteiger partial charge in [0.1, 0.15) is 11.3 Å². The first-order valence-corrected chi connectivity index (χ1v) is 13.3. The number of hydrogen-bond acceptors (Lipinski definition) is 8. The maximum atomic E-state index is 15.0. The highest BCUT2D eigenvalue weighted by Crippen LogP contribution is 2.51. The summed E-state index contributed by atoms with van der Waals surface area (Å²) in [6.45, 7) is 7.84. The van der Waals surface area contributed by atoms with E-state index in [0.29, 0.717) is 34.4 Å². The Morgan fingerprint density at radius 2 is 1.82 bits per heavy atom. The minimum atomic E-state index is -0.960. The zero-order valence-electron chi connectivity index (χ0n) is 22.2. The Kier molecular flexibility index (Phi) is 6.85. The van der Waals surface area contributed by atoms with E-state index in [1.807, 2.05) is 45.9 Å². The third-order valence-electron chi connectivity index (χ3n) is 6.94. The monoisotopic (exact) mass is 546 g/mol. The van der Waals surface area contributed by atoms with Gasteiger partial charge in [-0.2, -0.15) is 0 Å². The van der Waals surface area contributed by atoms with Crippen molar-refractivity contribution < 1.29 is 18.7 Å². The SMILES string of the molecule is CCN(C)C(=O)c1ccc(-c2ccc3c(n2)Oc2nc(C)ccc2[C@@H]3C(C)(C)C(=O)Nc2nncs2)cc1F. The van der Waals surface area contributed by atoms with Crippen LogP contribution in [0.5, 0.6) is 11.8 Å². The van der Waals surface area contributed by atoms with Gasteiger partial charge in [-0.15, -0.1) is 10.2 Å². The highest BCUT2D eigenvalue weighted by molar-refractivity contribution is 7.13. The number of pyridine rings is 2. The molecule has 1 aromatic carbocycles. The molecule has 39 heavy (non-hydrogen) atoms. The molecule has 0 aliphatic carbocycles. The molecule has 1 atom stereocenters. The molecule has 1 aliphatic rings. The summed E-state index contributed by atoms with van der Waals surface area (Å²) in [4.78, 5) is 36.7. The Bertz CT molecular complexity index is 1570. The van der Waals surface area contributed by atoms with Crippen LogP contribution in [0.2, 0.25) is 0 Å². The lowest BCUT2D eigenvalue weighted by Gasteiger charge is -2.37. The van der Waals surface area contributed by atoms with Crippen LogP contribution in [0.1, 0.15) is 53.9 Å². The lowest BCUT2D eigenvalue weighted by Crippen LogP contribution is -2.38. The number of hydrogen-bond donors (Lipinski definition) is 1. The lowest BCUT2D eigenvalue weighted by molar-refractivity contribution is -0.124. The van der Waals surface area contributed by atoms with E-state index >= 15 is 0 Å². The van der Waals surface area contributed by atoms with Gasteiger partial charge in [0.05, 0.1) is 16.7 Å². The van der Waals surface area contributed by atoms with Crippen molar-refractivity contribution in [3.05, 3.63) is 76.2 Å². The van der Waals surface area contributed by atoms with Crippen molar-refractivity contribution in [3.63, 3.8) is 0 Å². The molecule has 4 aromatic rings. The number of rotatable bonds is 6. The molecule has 200 valence electrons. The second kappa shape index (κ2) is 10.1. The van der Waals surface area contributed by atoms with Gasteiger partial charge in [0, 0.05) is 41.9 Å². The molecule has 2 amide bonds. The number of fused-ring (bicyclic) bond motifs is 2. The van der Waals surface area contributed by atoms with Crippen LogP contribution in [-0.2, 0) is 4.79 Å². The average Bonchev–Trinajstić information content (AvgIpc) is 3.43. The fraction of sp³-hybridized carbons (Fsp3) is 0.286. The molecule has 3 aromatic heterocycles. The van der Waals surface area contributed by atoms with E-state index in [9.17, 15) is 14.0 Å². The molecule has 0 saturated heterocycles. The van der Waals surface area contributed by atoms with Crippen molar-refractivity contribution in [2.24, 2.45) is 5.41 Å².